The summed E-state index contributed by atoms with van der Waals surface area (Å²) in [6.07, 6.45) is 1.97. The number of piperidine rings is 2. The SMILES string of the molecule is C.CN(C=O)c1cc(C2CCN(C(=O)OC(C)(C)C)CC2(F)F)ccc1N(C)C1CCC(=O)NC1=O.CS. The molecule has 0 bridgehead atoms. The highest BCUT2D eigenvalue weighted by atomic mass is 32.1. The summed E-state index contributed by atoms with van der Waals surface area (Å²) < 4.78 is 35.7. The Bertz CT molecular complexity index is 1020. The first kappa shape index (κ1) is 33.1. The van der Waals surface area contributed by atoms with Gasteiger partial charge in [-0.05, 0) is 57.6 Å². The highest BCUT2D eigenvalue weighted by Gasteiger charge is 2.47. The van der Waals surface area contributed by atoms with Crippen molar-refractivity contribution in [2.45, 2.75) is 70.9 Å². The molecule has 2 unspecified atom stereocenters. The van der Waals surface area contributed by atoms with Gasteiger partial charge in [0, 0.05) is 27.1 Å². The molecule has 12 heteroatoms. The number of thiol groups is 1. The largest absolute Gasteiger partial charge is 0.444 e. The highest BCUT2D eigenvalue weighted by molar-refractivity contribution is 7.79. The molecule has 2 saturated heterocycles. The smallest absolute Gasteiger partial charge is 0.410 e. The molecule has 214 valence electrons. The summed E-state index contributed by atoms with van der Waals surface area (Å²) in [5.74, 6) is -5.19. The van der Waals surface area contributed by atoms with E-state index in [0.29, 0.717) is 29.8 Å². The minimum absolute atomic E-state index is 0. The zero-order valence-electron chi connectivity index (χ0n) is 22.1. The number of rotatable bonds is 5. The third kappa shape index (κ3) is 7.81. The number of alkyl halides is 2. The summed E-state index contributed by atoms with van der Waals surface area (Å²) in [5, 5.41) is 2.30. The molecule has 2 aliphatic rings. The molecule has 0 radical (unpaired) electrons. The number of anilines is 2. The van der Waals surface area contributed by atoms with E-state index >= 15 is 8.78 Å². The van der Waals surface area contributed by atoms with E-state index in [1.165, 1.54) is 18.0 Å². The van der Waals surface area contributed by atoms with Gasteiger partial charge in [0.15, 0.2) is 0 Å². The number of likely N-dealkylation sites (tertiary alicyclic amines) is 1. The number of nitrogens with zero attached hydrogens (tertiary/aromatic N) is 3. The normalized spacial score (nSPS) is 20.7. The number of hydrogen-bond donors (Lipinski definition) is 2. The fourth-order valence-corrected chi connectivity index (χ4v) is 4.45. The van der Waals surface area contributed by atoms with Gasteiger partial charge in [0.2, 0.25) is 18.2 Å². The average molecular weight is 559 g/mol. The topological polar surface area (TPSA) is 99.3 Å². The van der Waals surface area contributed by atoms with Crippen LogP contribution < -0.4 is 15.1 Å². The zero-order valence-corrected chi connectivity index (χ0v) is 23.0. The number of likely N-dealkylation sites (N-methyl/N-ethyl adjacent to an activating group) is 1. The molecule has 38 heavy (non-hydrogen) atoms. The van der Waals surface area contributed by atoms with Gasteiger partial charge in [0.05, 0.1) is 23.8 Å². The molecule has 3 rings (SSSR count). The van der Waals surface area contributed by atoms with Gasteiger partial charge in [-0.2, -0.15) is 12.6 Å². The van der Waals surface area contributed by atoms with Crippen molar-refractivity contribution in [2.24, 2.45) is 0 Å². The molecule has 2 heterocycles. The average Bonchev–Trinajstić information content (AvgIpc) is 2.82. The van der Waals surface area contributed by atoms with Crippen molar-refractivity contribution in [3.8, 4) is 0 Å². The van der Waals surface area contributed by atoms with Crippen molar-refractivity contribution in [3.63, 3.8) is 0 Å². The molecule has 2 fully saturated rings. The first-order valence-corrected chi connectivity index (χ1v) is 12.8. The van der Waals surface area contributed by atoms with Crippen molar-refractivity contribution in [3.05, 3.63) is 23.8 Å². The van der Waals surface area contributed by atoms with Crippen molar-refractivity contribution in [1.82, 2.24) is 10.2 Å². The van der Waals surface area contributed by atoms with E-state index in [9.17, 15) is 19.2 Å². The van der Waals surface area contributed by atoms with Crippen molar-refractivity contribution < 1.29 is 32.7 Å². The summed E-state index contributed by atoms with van der Waals surface area (Å²) in [5.41, 5.74) is 0.382. The number of carbonyl (C=O) groups excluding carboxylic acids is 4. The van der Waals surface area contributed by atoms with Crippen LogP contribution in [0.4, 0.5) is 25.0 Å². The molecule has 0 aliphatic carbocycles. The Morgan fingerprint density at radius 2 is 1.82 bits per heavy atom. The fraction of sp³-hybridized carbons (Fsp3) is 0.615. The van der Waals surface area contributed by atoms with Gasteiger partial charge in [-0.1, -0.05) is 13.5 Å². The first-order chi connectivity index (χ1) is 17.2. The Morgan fingerprint density at radius 1 is 1.18 bits per heavy atom. The van der Waals surface area contributed by atoms with Gasteiger partial charge in [-0.15, -0.1) is 0 Å². The predicted molar refractivity (Wildman–Crippen MR) is 147 cm³/mol. The standard InChI is InChI=1S/C24H32F2N4O5.CH4S.CH4/c1-23(2,3)35-22(34)30-11-10-16(24(25,26)13-30)15-6-7-17(19(12-15)28(4)14-31)29(5)18-8-9-20(32)27-21(18)33;1-2;/h6-7,12,14,16,18H,8-11,13H2,1-5H3,(H,27,32,33);2H,1H3;1H4. The lowest BCUT2D eigenvalue weighted by molar-refractivity contribution is -0.134. The van der Waals surface area contributed by atoms with Crippen LogP contribution in [0.5, 0.6) is 0 Å². The van der Waals surface area contributed by atoms with Crippen LogP contribution in [-0.4, -0.2) is 80.2 Å². The fourth-order valence-electron chi connectivity index (χ4n) is 4.45. The molecule has 1 aromatic rings. The Balaban J connectivity index is 0.00000235. The number of ether oxygens (including phenoxy) is 1. The molecule has 1 N–H and O–H groups in total. The monoisotopic (exact) mass is 558 g/mol. The maximum absolute atomic E-state index is 15.2. The maximum Gasteiger partial charge on any atom is 0.410 e. The third-order valence-corrected chi connectivity index (χ3v) is 6.25. The number of benzene rings is 1. The number of carbonyl (C=O) groups is 4. The Kier molecular flexibility index (Phi) is 11.6. The second-order valence-electron chi connectivity index (χ2n) is 10.0. The Labute approximate surface area is 229 Å². The Hall–Kier alpha value is -2.89. The van der Waals surface area contributed by atoms with Crippen molar-refractivity contribution in [1.29, 1.82) is 0 Å². The molecule has 9 nitrogen and oxygen atoms in total. The van der Waals surface area contributed by atoms with E-state index in [1.54, 1.807) is 51.1 Å². The van der Waals surface area contributed by atoms with Gasteiger partial charge in [-0.3, -0.25) is 19.7 Å². The van der Waals surface area contributed by atoms with E-state index in [-0.39, 0.29) is 32.7 Å². The van der Waals surface area contributed by atoms with Crippen molar-refractivity contribution in [2.75, 3.05) is 43.2 Å². The van der Waals surface area contributed by atoms with E-state index < -0.39 is 42.0 Å². The van der Waals surface area contributed by atoms with Crippen LogP contribution in [0.15, 0.2) is 18.2 Å². The summed E-state index contributed by atoms with van der Waals surface area (Å²) in [7, 11) is 3.16. The van der Waals surface area contributed by atoms with Gasteiger partial charge in [-0.25, -0.2) is 13.6 Å². The van der Waals surface area contributed by atoms with Gasteiger partial charge in [0.25, 0.3) is 5.92 Å². The van der Waals surface area contributed by atoms with Crippen LogP contribution in [0.1, 0.15) is 58.9 Å². The molecule has 0 spiro atoms. The minimum Gasteiger partial charge on any atom is -0.444 e. The van der Waals surface area contributed by atoms with E-state index in [4.69, 9.17) is 4.74 Å². The number of imide groups is 1. The summed E-state index contributed by atoms with van der Waals surface area (Å²) >= 11 is 3.53. The third-order valence-electron chi connectivity index (χ3n) is 6.25. The minimum atomic E-state index is -3.22. The Morgan fingerprint density at radius 3 is 2.34 bits per heavy atom. The van der Waals surface area contributed by atoms with E-state index in [1.807, 2.05) is 0 Å². The second kappa shape index (κ2) is 13.3. The van der Waals surface area contributed by atoms with Gasteiger partial charge < -0.3 is 19.4 Å². The van der Waals surface area contributed by atoms with E-state index in [0.717, 1.165) is 4.90 Å². The molecule has 2 aliphatic heterocycles. The lowest BCUT2D eigenvalue weighted by Gasteiger charge is -2.39. The molecule has 2 atom stereocenters. The van der Waals surface area contributed by atoms with Crippen LogP contribution in [-0.2, 0) is 19.1 Å². The van der Waals surface area contributed by atoms with Gasteiger partial charge in [0.1, 0.15) is 11.6 Å². The lowest BCUT2D eigenvalue weighted by atomic mass is 9.85. The molecular weight excluding hydrogens is 518 g/mol. The quantitative estimate of drug-likeness (QED) is 0.321. The number of amides is 4. The lowest BCUT2D eigenvalue weighted by Crippen LogP contribution is -2.51. The predicted octanol–water partition coefficient (Wildman–Crippen LogP) is 4.06. The number of hydrogen-bond acceptors (Lipinski definition) is 7. The molecule has 0 saturated carbocycles. The van der Waals surface area contributed by atoms with Crippen LogP contribution >= 0.6 is 12.6 Å². The summed E-state index contributed by atoms with van der Waals surface area (Å²) in [6, 6.07) is 4.04. The molecule has 4 amide bonds. The van der Waals surface area contributed by atoms with Crippen LogP contribution in [0, 0.1) is 0 Å². The summed E-state index contributed by atoms with van der Waals surface area (Å²) in [4.78, 5) is 51.7. The van der Waals surface area contributed by atoms with Gasteiger partial charge >= 0.3 is 6.09 Å². The molecular formula is C26H40F2N4O5S. The first-order valence-electron chi connectivity index (χ1n) is 11.9. The van der Waals surface area contributed by atoms with Crippen molar-refractivity contribution >= 4 is 48.3 Å². The van der Waals surface area contributed by atoms with Crippen LogP contribution in [0.25, 0.3) is 0 Å². The zero-order chi connectivity index (χ0) is 28.1. The maximum atomic E-state index is 15.2. The molecule has 0 aromatic heterocycles. The van der Waals surface area contributed by atoms with E-state index in [2.05, 4.69) is 17.9 Å². The van der Waals surface area contributed by atoms with Crippen LogP contribution in [0.3, 0.4) is 0 Å². The molecule has 1 aromatic carbocycles. The second-order valence-corrected chi connectivity index (χ2v) is 10.0. The number of nitrogens with one attached hydrogen (secondary N) is 1. The highest BCUT2D eigenvalue weighted by Crippen LogP contribution is 2.43. The number of halogens is 2. The summed E-state index contributed by atoms with van der Waals surface area (Å²) in [6.45, 7) is 4.35. The van der Waals surface area contributed by atoms with Crippen LogP contribution in [0.2, 0.25) is 0 Å².